The molecule has 166 valence electrons. The second-order valence-electron chi connectivity index (χ2n) is 7.66. The number of benzene rings is 1. The molecule has 6 nitrogen and oxygen atoms in total. The van der Waals surface area contributed by atoms with Crippen LogP contribution in [0.25, 0.3) is 16.9 Å². The minimum absolute atomic E-state index is 0.123. The van der Waals surface area contributed by atoms with Crippen molar-refractivity contribution in [1.82, 2.24) is 24.9 Å². The van der Waals surface area contributed by atoms with Crippen molar-refractivity contribution in [2.75, 3.05) is 25.0 Å². The number of anilines is 1. The SMILES string of the molecule is Fc1cc(C#CC2[C@H]3CNC[C@@H]23)cc(F)c1-c1c(Cl)nc2ncnn2c1NCC(F)(F)F. The van der Waals surface area contributed by atoms with Gasteiger partial charge in [-0.25, -0.2) is 8.78 Å². The highest BCUT2D eigenvalue weighted by Crippen LogP contribution is 2.48. The summed E-state index contributed by atoms with van der Waals surface area (Å²) >= 11 is 6.12. The lowest BCUT2D eigenvalue weighted by Gasteiger charge is -2.16. The third-order valence-electron chi connectivity index (χ3n) is 5.61. The second kappa shape index (κ2) is 7.56. The largest absolute Gasteiger partial charge is 0.405 e. The maximum atomic E-state index is 15.0. The van der Waals surface area contributed by atoms with Crippen LogP contribution in [-0.4, -0.2) is 45.4 Å². The minimum atomic E-state index is -4.60. The van der Waals surface area contributed by atoms with E-state index in [9.17, 15) is 13.2 Å². The molecule has 32 heavy (non-hydrogen) atoms. The van der Waals surface area contributed by atoms with Gasteiger partial charge in [0.15, 0.2) is 0 Å². The Hall–Kier alpha value is -2.97. The molecule has 0 spiro atoms. The van der Waals surface area contributed by atoms with Crippen molar-refractivity contribution in [3.63, 3.8) is 0 Å². The smallest absolute Gasteiger partial charge is 0.360 e. The first-order valence-corrected chi connectivity index (χ1v) is 10.0. The van der Waals surface area contributed by atoms with Crippen LogP contribution in [0, 0.1) is 41.2 Å². The van der Waals surface area contributed by atoms with Gasteiger partial charge >= 0.3 is 6.18 Å². The maximum absolute atomic E-state index is 15.0. The van der Waals surface area contributed by atoms with E-state index in [1.807, 2.05) is 0 Å². The summed E-state index contributed by atoms with van der Waals surface area (Å²) in [6.45, 7) is 0.284. The predicted molar refractivity (Wildman–Crippen MR) is 106 cm³/mol. The van der Waals surface area contributed by atoms with Gasteiger partial charge in [-0.1, -0.05) is 23.4 Å². The fourth-order valence-corrected chi connectivity index (χ4v) is 4.33. The molecular formula is C20H14ClF5N6. The highest BCUT2D eigenvalue weighted by molar-refractivity contribution is 6.33. The summed E-state index contributed by atoms with van der Waals surface area (Å²) in [5.74, 6) is 4.40. The number of nitrogens with zero attached hydrogens (tertiary/aromatic N) is 4. The molecule has 12 heteroatoms. The Labute approximate surface area is 183 Å². The molecule has 3 atom stereocenters. The topological polar surface area (TPSA) is 67.1 Å². The number of alkyl halides is 3. The molecular weight excluding hydrogens is 455 g/mol. The Bertz CT molecular complexity index is 1240. The van der Waals surface area contributed by atoms with Gasteiger partial charge in [-0.2, -0.15) is 32.8 Å². The normalized spacial score (nSPS) is 21.9. The molecule has 2 aromatic heterocycles. The van der Waals surface area contributed by atoms with E-state index in [1.165, 1.54) is 0 Å². The number of nitrogens with one attached hydrogen (secondary N) is 2. The van der Waals surface area contributed by atoms with E-state index in [0.29, 0.717) is 11.8 Å². The second-order valence-corrected chi connectivity index (χ2v) is 8.02. The van der Waals surface area contributed by atoms with Crippen LogP contribution in [0.3, 0.4) is 0 Å². The van der Waals surface area contributed by atoms with Crippen LogP contribution in [0.1, 0.15) is 5.56 Å². The molecule has 2 N–H and O–H groups in total. The van der Waals surface area contributed by atoms with Crippen LogP contribution in [0.5, 0.6) is 0 Å². The predicted octanol–water partition coefficient (Wildman–Crippen LogP) is 3.51. The molecule has 5 rings (SSSR count). The molecule has 1 aromatic carbocycles. The number of aromatic nitrogens is 4. The van der Waals surface area contributed by atoms with E-state index >= 15 is 8.78 Å². The van der Waals surface area contributed by atoms with Crippen LogP contribution in [-0.2, 0) is 0 Å². The molecule has 1 saturated heterocycles. The molecule has 0 radical (unpaired) electrons. The van der Waals surface area contributed by atoms with Gasteiger partial charge in [0.25, 0.3) is 5.78 Å². The average Bonchev–Trinajstić information content (AvgIpc) is 3.07. The average molecular weight is 469 g/mol. The monoisotopic (exact) mass is 468 g/mol. The molecule has 2 aliphatic rings. The van der Waals surface area contributed by atoms with Crippen LogP contribution in [0.4, 0.5) is 27.8 Å². The molecule has 1 aliphatic carbocycles. The van der Waals surface area contributed by atoms with Crippen LogP contribution < -0.4 is 10.6 Å². The molecule has 3 heterocycles. The number of hydrogen-bond acceptors (Lipinski definition) is 5. The van der Waals surface area contributed by atoms with Crippen molar-refractivity contribution in [2.24, 2.45) is 17.8 Å². The van der Waals surface area contributed by atoms with E-state index in [2.05, 4.69) is 37.5 Å². The third-order valence-corrected chi connectivity index (χ3v) is 5.88. The van der Waals surface area contributed by atoms with Crippen LogP contribution >= 0.6 is 11.6 Å². The van der Waals surface area contributed by atoms with Gasteiger partial charge in [-0.3, -0.25) is 0 Å². The Morgan fingerprint density at radius 1 is 1.16 bits per heavy atom. The zero-order chi connectivity index (χ0) is 22.6. The first-order valence-electron chi connectivity index (χ1n) is 9.64. The zero-order valence-corrected chi connectivity index (χ0v) is 16.9. The zero-order valence-electron chi connectivity index (χ0n) is 16.1. The number of halogens is 6. The first kappa shape index (κ1) is 20.9. The van der Waals surface area contributed by atoms with Crippen molar-refractivity contribution >= 4 is 23.2 Å². The summed E-state index contributed by atoms with van der Waals surface area (Å²) < 4.78 is 69.4. The van der Waals surface area contributed by atoms with Crippen molar-refractivity contribution in [3.8, 4) is 23.0 Å². The van der Waals surface area contributed by atoms with Gasteiger partial charge in [0.1, 0.15) is 35.5 Å². The number of piperidine rings is 1. The first-order chi connectivity index (χ1) is 15.2. The van der Waals surface area contributed by atoms with Gasteiger partial charge in [-0.15, -0.1) is 0 Å². The van der Waals surface area contributed by atoms with E-state index < -0.39 is 40.6 Å². The summed E-state index contributed by atoms with van der Waals surface area (Å²) in [7, 11) is 0. The standard InChI is InChI=1S/C20H14ClF5N6/c21-17-16(18(28-7-20(24,25)26)32-19(31-17)29-8-30-32)15-13(22)3-9(4-14(15)23)1-2-10-11-5-27-6-12(10)11/h3-4,8,10-12,27-28H,5-7H2/t10?,11-,12+. The summed E-state index contributed by atoms with van der Waals surface area (Å²) in [6, 6.07) is 2.05. The number of rotatable bonds is 3. The fraction of sp³-hybridized carbons (Fsp3) is 0.350. The Balaban J connectivity index is 1.56. The maximum Gasteiger partial charge on any atom is 0.405 e. The van der Waals surface area contributed by atoms with E-state index in [0.717, 1.165) is 36.1 Å². The molecule has 3 aromatic rings. The van der Waals surface area contributed by atoms with Crippen molar-refractivity contribution in [3.05, 3.63) is 40.8 Å². The summed E-state index contributed by atoms with van der Waals surface area (Å²) in [6.07, 6.45) is -3.57. The van der Waals surface area contributed by atoms with Gasteiger partial charge < -0.3 is 10.6 Å². The quantitative estimate of drug-likeness (QED) is 0.350. The van der Waals surface area contributed by atoms with Crippen LogP contribution in [0.2, 0.25) is 5.15 Å². The summed E-state index contributed by atoms with van der Waals surface area (Å²) in [4.78, 5) is 7.66. The number of fused-ring (bicyclic) bond motifs is 2. The molecule has 0 bridgehead atoms. The van der Waals surface area contributed by atoms with Gasteiger partial charge in [0.05, 0.1) is 11.1 Å². The molecule has 1 saturated carbocycles. The van der Waals surface area contributed by atoms with E-state index in [1.54, 1.807) is 0 Å². The lowest BCUT2D eigenvalue weighted by molar-refractivity contribution is -0.115. The van der Waals surface area contributed by atoms with Crippen LogP contribution in [0.15, 0.2) is 18.5 Å². The van der Waals surface area contributed by atoms with Gasteiger partial charge in [-0.05, 0) is 37.1 Å². The molecule has 2 fully saturated rings. The van der Waals surface area contributed by atoms with Crippen molar-refractivity contribution < 1.29 is 22.0 Å². The lowest BCUT2D eigenvalue weighted by Crippen LogP contribution is -2.23. The van der Waals surface area contributed by atoms with E-state index in [-0.39, 0.29) is 23.1 Å². The molecule has 0 amide bonds. The molecule has 1 aliphatic heterocycles. The van der Waals surface area contributed by atoms with E-state index in [4.69, 9.17) is 11.6 Å². The fourth-order valence-electron chi connectivity index (χ4n) is 4.07. The Morgan fingerprint density at radius 2 is 1.84 bits per heavy atom. The third kappa shape index (κ3) is 3.73. The highest BCUT2D eigenvalue weighted by atomic mass is 35.5. The molecule has 1 unspecified atom stereocenters. The summed E-state index contributed by atoms with van der Waals surface area (Å²) in [5.41, 5.74) is -0.911. The highest BCUT2D eigenvalue weighted by Gasteiger charge is 2.51. The Morgan fingerprint density at radius 3 is 2.50 bits per heavy atom. The Kier molecular flexibility index (Phi) is 4.94. The van der Waals surface area contributed by atoms with Gasteiger partial charge in [0, 0.05) is 11.5 Å². The summed E-state index contributed by atoms with van der Waals surface area (Å²) in [5, 5.41) is 8.71. The minimum Gasteiger partial charge on any atom is -0.360 e. The van der Waals surface area contributed by atoms with Crippen molar-refractivity contribution in [1.29, 1.82) is 0 Å². The lowest BCUT2D eigenvalue weighted by atomic mass is 10.0. The van der Waals surface area contributed by atoms with Gasteiger partial charge in [0.2, 0.25) is 0 Å². The van der Waals surface area contributed by atoms with Crippen molar-refractivity contribution in [2.45, 2.75) is 6.18 Å². The number of hydrogen-bond donors (Lipinski definition) is 2.